The first-order valence-corrected chi connectivity index (χ1v) is 7.35. The van der Waals surface area contributed by atoms with Crippen LogP contribution in [0.4, 0.5) is 5.69 Å². The molecule has 4 heteroatoms. The Bertz CT molecular complexity index is 482. The van der Waals surface area contributed by atoms with E-state index in [1.54, 1.807) is 12.1 Å². The van der Waals surface area contributed by atoms with E-state index < -0.39 is 11.4 Å². The van der Waals surface area contributed by atoms with E-state index >= 15 is 0 Å². The van der Waals surface area contributed by atoms with Crippen molar-refractivity contribution in [1.29, 1.82) is 0 Å². The monoisotopic (exact) mass is 291 g/mol. The van der Waals surface area contributed by atoms with E-state index in [1.165, 1.54) is 0 Å². The van der Waals surface area contributed by atoms with Crippen molar-refractivity contribution in [1.82, 2.24) is 0 Å². The molecule has 0 radical (unpaired) electrons. The van der Waals surface area contributed by atoms with Gasteiger partial charge in [-0.2, -0.15) is 0 Å². The van der Waals surface area contributed by atoms with Gasteiger partial charge in [0.1, 0.15) is 0 Å². The van der Waals surface area contributed by atoms with Gasteiger partial charge in [-0.25, -0.2) is 4.79 Å². The summed E-state index contributed by atoms with van der Waals surface area (Å²) in [6, 6.07) is 7.26. The Balaban J connectivity index is 2.66. The molecule has 0 aliphatic carbocycles. The molecule has 0 aliphatic rings. The number of carbonyl (C=O) groups excluding carboxylic acids is 2. The average molecular weight is 291 g/mol. The summed E-state index contributed by atoms with van der Waals surface area (Å²) < 4.78 is 5.07. The smallest absolute Gasteiger partial charge is 0.338 e. The van der Waals surface area contributed by atoms with E-state index in [-0.39, 0.29) is 12.4 Å². The fraction of sp³-hybridized carbons (Fsp3) is 0.529. The lowest BCUT2D eigenvalue weighted by Gasteiger charge is -2.21. The van der Waals surface area contributed by atoms with Crippen LogP contribution in [0.15, 0.2) is 24.3 Å². The first-order chi connectivity index (χ1) is 9.79. The Morgan fingerprint density at radius 2 is 1.57 bits per heavy atom. The normalized spacial score (nSPS) is 11.1. The molecule has 0 N–H and O–H groups in total. The summed E-state index contributed by atoms with van der Waals surface area (Å²) in [6.07, 6.45) is 0. The molecule has 1 aromatic rings. The zero-order valence-electron chi connectivity index (χ0n) is 13.6. The summed E-state index contributed by atoms with van der Waals surface area (Å²) in [5.74, 6) is -0.547. The summed E-state index contributed by atoms with van der Waals surface area (Å²) in [6.45, 7) is 11.3. The van der Waals surface area contributed by atoms with Gasteiger partial charge in [-0.05, 0) is 38.1 Å². The second kappa shape index (κ2) is 7.25. The molecule has 1 aromatic carbocycles. The molecule has 116 valence electrons. The molecule has 0 bridgehead atoms. The van der Waals surface area contributed by atoms with Crippen LogP contribution in [0.2, 0.25) is 0 Å². The van der Waals surface area contributed by atoms with E-state index in [9.17, 15) is 9.59 Å². The molecule has 0 aliphatic heterocycles. The van der Waals surface area contributed by atoms with Crippen LogP contribution >= 0.6 is 0 Å². The number of hydrogen-bond donors (Lipinski definition) is 0. The zero-order valence-corrected chi connectivity index (χ0v) is 13.6. The summed E-state index contributed by atoms with van der Waals surface area (Å²) >= 11 is 0. The van der Waals surface area contributed by atoms with Crippen LogP contribution < -0.4 is 4.90 Å². The Morgan fingerprint density at radius 3 is 2.00 bits per heavy atom. The number of hydrogen-bond acceptors (Lipinski definition) is 4. The maximum atomic E-state index is 11.9. The van der Waals surface area contributed by atoms with E-state index in [1.807, 2.05) is 32.9 Å². The van der Waals surface area contributed by atoms with E-state index in [4.69, 9.17) is 4.74 Å². The highest BCUT2D eigenvalue weighted by Gasteiger charge is 2.22. The van der Waals surface area contributed by atoms with Crippen LogP contribution in [0.3, 0.4) is 0 Å². The number of benzene rings is 1. The summed E-state index contributed by atoms with van der Waals surface area (Å²) in [5.41, 5.74) is 1.04. The topological polar surface area (TPSA) is 46.6 Å². The van der Waals surface area contributed by atoms with E-state index in [0.717, 1.165) is 18.8 Å². The fourth-order valence-electron chi connectivity index (χ4n) is 1.83. The van der Waals surface area contributed by atoms with Crippen LogP contribution in [0, 0.1) is 5.41 Å². The third-order valence-electron chi connectivity index (χ3n) is 3.40. The lowest BCUT2D eigenvalue weighted by Crippen LogP contribution is -2.26. The SMILES string of the molecule is CCN(CC)c1ccc(C(=O)OCC(=O)C(C)(C)C)cc1. The highest BCUT2D eigenvalue weighted by Crippen LogP contribution is 2.17. The lowest BCUT2D eigenvalue weighted by atomic mass is 9.91. The van der Waals surface area contributed by atoms with Gasteiger partial charge < -0.3 is 9.64 Å². The number of anilines is 1. The molecule has 0 spiro atoms. The maximum absolute atomic E-state index is 11.9. The van der Waals surface area contributed by atoms with Crippen molar-refractivity contribution < 1.29 is 14.3 Å². The maximum Gasteiger partial charge on any atom is 0.338 e. The molecule has 1 rings (SSSR count). The molecule has 0 unspecified atom stereocenters. The second-order valence-corrected chi connectivity index (χ2v) is 5.97. The van der Waals surface area contributed by atoms with E-state index in [0.29, 0.717) is 5.56 Å². The number of ketones is 1. The third-order valence-corrected chi connectivity index (χ3v) is 3.40. The fourth-order valence-corrected chi connectivity index (χ4v) is 1.83. The third kappa shape index (κ3) is 4.88. The van der Waals surface area contributed by atoms with Gasteiger partial charge in [-0.1, -0.05) is 20.8 Å². The van der Waals surface area contributed by atoms with Crippen LogP contribution in [0.5, 0.6) is 0 Å². The van der Waals surface area contributed by atoms with Crippen molar-refractivity contribution in [2.24, 2.45) is 5.41 Å². The standard InChI is InChI=1S/C17H25NO3/c1-6-18(7-2)14-10-8-13(9-11-14)16(20)21-12-15(19)17(3,4)5/h8-11H,6-7,12H2,1-5H3. The van der Waals surface area contributed by atoms with Gasteiger partial charge in [0, 0.05) is 24.2 Å². The minimum atomic E-state index is -0.493. The largest absolute Gasteiger partial charge is 0.454 e. The molecular weight excluding hydrogens is 266 g/mol. The Labute approximate surface area is 127 Å². The number of nitrogens with zero attached hydrogens (tertiary/aromatic N) is 1. The van der Waals surface area contributed by atoms with Crippen molar-refractivity contribution >= 4 is 17.4 Å². The molecule has 0 fully saturated rings. The Hall–Kier alpha value is -1.84. The van der Waals surface area contributed by atoms with Crippen molar-refractivity contribution in [3.8, 4) is 0 Å². The van der Waals surface area contributed by atoms with Gasteiger partial charge in [-0.15, -0.1) is 0 Å². The van der Waals surface area contributed by atoms with Crippen LogP contribution in [-0.4, -0.2) is 31.4 Å². The number of rotatable bonds is 6. The van der Waals surface area contributed by atoms with Crippen molar-refractivity contribution in [3.63, 3.8) is 0 Å². The summed E-state index contributed by atoms with van der Waals surface area (Å²) in [5, 5.41) is 0. The molecule has 0 aromatic heterocycles. The van der Waals surface area contributed by atoms with Crippen LogP contribution in [0.1, 0.15) is 45.0 Å². The highest BCUT2D eigenvalue weighted by atomic mass is 16.5. The molecular formula is C17H25NO3. The second-order valence-electron chi connectivity index (χ2n) is 5.97. The lowest BCUT2D eigenvalue weighted by molar-refractivity contribution is -0.129. The highest BCUT2D eigenvalue weighted by molar-refractivity contribution is 5.93. The van der Waals surface area contributed by atoms with Gasteiger partial charge in [0.15, 0.2) is 12.4 Å². The summed E-state index contributed by atoms with van der Waals surface area (Å²) in [7, 11) is 0. The van der Waals surface area contributed by atoms with Gasteiger partial charge in [0.05, 0.1) is 5.56 Å². The van der Waals surface area contributed by atoms with Gasteiger partial charge in [0.2, 0.25) is 0 Å². The van der Waals surface area contributed by atoms with Gasteiger partial charge in [0.25, 0.3) is 0 Å². The average Bonchev–Trinajstić information content (AvgIpc) is 2.45. The van der Waals surface area contributed by atoms with Crippen LogP contribution in [0.25, 0.3) is 0 Å². The molecule has 4 nitrogen and oxygen atoms in total. The number of carbonyl (C=O) groups is 2. The summed E-state index contributed by atoms with van der Waals surface area (Å²) in [4.78, 5) is 25.8. The number of esters is 1. The van der Waals surface area contributed by atoms with Crippen molar-refractivity contribution in [2.75, 3.05) is 24.6 Å². The number of ether oxygens (including phenoxy) is 1. The minimum Gasteiger partial charge on any atom is -0.454 e. The quantitative estimate of drug-likeness (QED) is 0.754. The molecule has 0 saturated carbocycles. The van der Waals surface area contributed by atoms with Gasteiger partial charge in [-0.3, -0.25) is 4.79 Å². The zero-order chi connectivity index (χ0) is 16.0. The first kappa shape index (κ1) is 17.2. The van der Waals surface area contributed by atoms with Crippen molar-refractivity contribution in [2.45, 2.75) is 34.6 Å². The van der Waals surface area contributed by atoms with Gasteiger partial charge >= 0.3 is 5.97 Å². The Kier molecular flexibility index (Phi) is 5.94. The first-order valence-electron chi connectivity index (χ1n) is 7.35. The Morgan fingerprint density at radius 1 is 1.05 bits per heavy atom. The molecule has 0 amide bonds. The molecule has 0 atom stereocenters. The number of Topliss-reactive ketones (excluding diaryl/α,β-unsaturated/α-hetero) is 1. The predicted molar refractivity (Wildman–Crippen MR) is 84.7 cm³/mol. The molecule has 0 saturated heterocycles. The van der Waals surface area contributed by atoms with Crippen molar-refractivity contribution in [3.05, 3.63) is 29.8 Å². The molecule has 21 heavy (non-hydrogen) atoms. The predicted octanol–water partition coefficient (Wildman–Crippen LogP) is 3.30. The molecule has 0 heterocycles. The van der Waals surface area contributed by atoms with Crippen LogP contribution in [-0.2, 0) is 9.53 Å². The van der Waals surface area contributed by atoms with E-state index in [2.05, 4.69) is 18.7 Å². The minimum absolute atomic E-state index is 0.0874.